The molecule has 1 spiro atoms. The van der Waals surface area contributed by atoms with Crippen molar-refractivity contribution in [3.05, 3.63) is 41.6 Å². The first-order chi connectivity index (χ1) is 28.4. The molecule has 1 aromatic heterocycles. The third kappa shape index (κ3) is 8.46. The quantitative estimate of drug-likeness (QED) is 0.222. The van der Waals surface area contributed by atoms with Crippen molar-refractivity contribution >= 4 is 44.7 Å². The Bertz CT molecular complexity index is 2280. The van der Waals surface area contributed by atoms with Crippen LogP contribution in [-0.4, -0.2) is 89.3 Å². The van der Waals surface area contributed by atoms with Crippen LogP contribution in [0.4, 0.5) is 22.4 Å². The second kappa shape index (κ2) is 15.3. The van der Waals surface area contributed by atoms with Crippen LogP contribution in [-0.2, 0) is 41.0 Å². The van der Waals surface area contributed by atoms with E-state index in [1.807, 2.05) is 6.08 Å². The first-order valence-electron chi connectivity index (χ1n) is 20.7. The molecular weight excluding hydrogens is 827 g/mol. The van der Waals surface area contributed by atoms with Crippen LogP contribution < -0.4 is 24.8 Å². The molecule has 4 amide bonds. The van der Waals surface area contributed by atoms with Crippen molar-refractivity contribution in [1.29, 1.82) is 0 Å². The Labute approximate surface area is 351 Å². The van der Waals surface area contributed by atoms with Gasteiger partial charge in [-0.2, -0.15) is 13.2 Å². The predicted octanol–water partition coefficient (Wildman–Crippen LogP) is 6.25. The molecule has 0 bridgehead atoms. The van der Waals surface area contributed by atoms with Crippen molar-refractivity contribution < 1.29 is 59.4 Å². The number of amides is 4. The molecule has 334 valence electrons. The third-order valence-electron chi connectivity index (χ3n) is 12.6. The number of allylic oxidation sites excluding steroid dienone is 1. The summed E-state index contributed by atoms with van der Waals surface area (Å²) in [5, 5.41) is 5.37. The zero-order valence-electron chi connectivity index (χ0n) is 35.1. The van der Waals surface area contributed by atoms with E-state index in [1.165, 1.54) is 39.2 Å². The number of sulfonamides is 1. The van der Waals surface area contributed by atoms with Crippen molar-refractivity contribution in [2.24, 2.45) is 5.92 Å². The fourth-order valence-corrected chi connectivity index (χ4v) is 10.2. The topological polar surface area (TPSA) is 182 Å². The smallest absolute Gasteiger partial charge is 0.437 e. The molecule has 61 heavy (non-hydrogen) atoms. The van der Waals surface area contributed by atoms with E-state index in [-0.39, 0.29) is 35.9 Å². The molecule has 6 atom stereocenters. The molecule has 2 aromatic rings. The SMILES string of the molecule is CCC1(F)CC2(CC3C(=O)NC4(C(=O)NS(=O)(=O)C5(C)CC5)CC4C=CCCCCCC(NC(=O)OC(C)(C)C)C(=O)N3C2)Oc2c(C(F)(F)F)nc3ccc(OC)cc3c21. The fraction of sp³-hybridized carbons (Fsp3) is 0.643. The van der Waals surface area contributed by atoms with Gasteiger partial charge in [0.15, 0.2) is 11.4 Å². The van der Waals surface area contributed by atoms with E-state index in [2.05, 4.69) is 20.3 Å². The Hall–Kier alpha value is -4.68. The van der Waals surface area contributed by atoms with Gasteiger partial charge < -0.3 is 29.7 Å². The summed E-state index contributed by atoms with van der Waals surface area (Å²) in [7, 11) is -2.80. The van der Waals surface area contributed by atoms with Crippen LogP contribution in [0, 0.1) is 5.92 Å². The lowest BCUT2D eigenvalue weighted by Gasteiger charge is -2.44. The molecule has 5 aliphatic rings. The van der Waals surface area contributed by atoms with Gasteiger partial charge in [-0.1, -0.05) is 31.9 Å². The summed E-state index contributed by atoms with van der Waals surface area (Å²) in [6.45, 7) is 7.28. The van der Waals surface area contributed by atoms with Gasteiger partial charge in [-0.05, 0) is 90.8 Å². The highest BCUT2D eigenvalue weighted by Gasteiger charge is 2.65. The standard InChI is InChI=1S/C42H53F4N5O9S/c1-7-40(43)22-39(59-31-30(40)26-19-25(58-6)15-16-27(26)47-32(31)42(44,45)46)21-29-33(52)49-41(35(54)50-61(56,57)38(5)17-18-38)20-24(41)13-11-9-8-10-12-14-28(34(53)51(29)23-39)48-36(55)60-37(2,3)4/h11,13,15-16,19,24,28-29H,7-10,12,14,17-18,20-23H2,1-6H3,(H,48,55)(H,49,52)(H,50,54). The highest BCUT2D eigenvalue weighted by Crippen LogP contribution is 2.57. The Morgan fingerprint density at radius 2 is 1.82 bits per heavy atom. The first kappa shape index (κ1) is 44.4. The number of nitrogens with one attached hydrogen (secondary N) is 3. The number of pyridine rings is 1. The van der Waals surface area contributed by atoms with Gasteiger partial charge in [0.1, 0.15) is 40.2 Å². The van der Waals surface area contributed by atoms with Crippen LogP contribution in [0.15, 0.2) is 30.4 Å². The lowest BCUT2D eigenvalue weighted by atomic mass is 9.76. The van der Waals surface area contributed by atoms with Crippen molar-refractivity contribution in [2.75, 3.05) is 13.7 Å². The molecule has 3 fully saturated rings. The zero-order chi connectivity index (χ0) is 44.6. The summed E-state index contributed by atoms with van der Waals surface area (Å²) in [5.41, 5.74) is -9.24. The summed E-state index contributed by atoms with van der Waals surface area (Å²) >= 11 is 0. The molecule has 3 N–H and O–H groups in total. The number of hydrogen-bond acceptors (Lipinski definition) is 10. The van der Waals surface area contributed by atoms with E-state index in [9.17, 15) is 40.8 Å². The molecule has 3 aliphatic heterocycles. The Kier molecular flexibility index (Phi) is 11.1. The highest BCUT2D eigenvalue weighted by atomic mass is 32.2. The molecule has 1 aromatic carbocycles. The van der Waals surface area contributed by atoms with Crippen LogP contribution in [0.3, 0.4) is 0 Å². The number of fused-ring (bicyclic) bond motifs is 5. The van der Waals surface area contributed by atoms with Gasteiger partial charge in [0, 0.05) is 29.7 Å². The number of aromatic nitrogens is 1. The number of hydrogen-bond donors (Lipinski definition) is 3. The second-order valence-corrected chi connectivity index (χ2v) is 20.6. The number of ether oxygens (including phenoxy) is 3. The number of halogens is 4. The summed E-state index contributed by atoms with van der Waals surface area (Å²) < 4.78 is 107. The van der Waals surface area contributed by atoms with Crippen molar-refractivity contribution in [3.63, 3.8) is 0 Å². The van der Waals surface area contributed by atoms with Gasteiger partial charge in [-0.25, -0.2) is 22.6 Å². The maximum atomic E-state index is 17.9. The van der Waals surface area contributed by atoms with E-state index in [4.69, 9.17) is 14.2 Å². The molecule has 6 unspecified atom stereocenters. The van der Waals surface area contributed by atoms with Gasteiger partial charge >= 0.3 is 12.3 Å². The number of nitrogens with zero attached hydrogens (tertiary/aromatic N) is 2. The molecule has 0 radical (unpaired) electrons. The number of alkyl halides is 4. The van der Waals surface area contributed by atoms with Gasteiger partial charge in [0.05, 0.1) is 23.9 Å². The van der Waals surface area contributed by atoms with Crippen LogP contribution in [0.2, 0.25) is 0 Å². The van der Waals surface area contributed by atoms with Crippen LogP contribution in [0.5, 0.6) is 11.5 Å². The lowest BCUT2D eigenvalue weighted by Crippen LogP contribution is -2.58. The number of alkyl carbamates (subject to hydrolysis) is 1. The minimum absolute atomic E-state index is 0.0202. The Balaban J connectivity index is 1.33. The largest absolute Gasteiger partial charge is 0.497 e. The van der Waals surface area contributed by atoms with Crippen molar-refractivity contribution in [1.82, 2.24) is 25.2 Å². The van der Waals surface area contributed by atoms with E-state index >= 15 is 4.39 Å². The number of methoxy groups -OCH3 is 1. The Morgan fingerprint density at radius 1 is 1.10 bits per heavy atom. The minimum atomic E-state index is -5.13. The van der Waals surface area contributed by atoms with Crippen LogP contribution in [0.25, 0.3) is 10.9 Å². The monoisotopic (exact) mass is 879 g/mol. The molecule has 2 saturated carbocycles. The van der Waals surface area contributed by atoms with E-state index in [1.54, 1.807) is 26.8 Å². The normalized spacial score (nSPS) is 30.1. The van der Waals surface area contributed by atoms with Crippen LogP contribution >= 0.6 is 0 Å². The average molecular weight is 880 g/mol. The number of carbonyl (C=O) groups excluding carboxylic acids is 4. The summed E-state index contributed by atoms with van der Waals surface area (Å²) in [6.07, 6.45) is -0.883. The molecule has 14 nitrogen and oxygen atoms in total. The molecular formula is C42H53F4N5O9S. The third-order valence-corrected chi connectivity index (χ3v) is 14.8. The first-order valence-corrected chi connectivity index (χ1v) is 22.2. The second-order valence-electron chi connectivity index (χ2n) is 18.4. The van der Waals surface area contributed by atoms with Crippen molar-refractivity contribution in [2.45, 2.75) is 151 Å². The number of carbonyl (C=O) groups is 4. The Morgan fingerprint density at radius 3 is 2.46 bits per heavy atom. The zero-order valence-corrected chi connectivity index (χ0v) is 35.9. The molecule has 7 rings (SSSR count). The lowest BCUT2D eigenvalue weighted by molar-refractivity contribution is -0.146. The highest BCUT2D eigenvalue weighted by molar-refractivity contribution is 7.91. The molecule has 19 heteroatoms. The maximum absolute atomic E-state index is 17.9. The van der Waals surface area contributed by atoms with Gasteiger partial charge in [0.25, 0.3) is 5.91 Å². The van der Waals surface area contributed by atoms with Gasteiger partial charge in [0.2, 0.25) is 21.8 Å². The van der Waals surface area contributed by atoms with Crippen molar-refractivity contribution in [3.8, 4) is 11.5 Å². The average Bonchev–Trinajstić information content (AvgIpc) is 4.06. The molecule has 4 heterocycles. The molecule has 1 saturated heterocycles. The summed E-state index contributed by atoms with van der Waals surface area (Å²) in [5.74, 6) is -4.00. The predicted molar refractivity (Wildman–Crippen MR) is 214 cm³/mol. The maximum Gasteiger partial charge on any atom is 0.437 e. The summed E-state index contributed by atoms with van der Waals surface area (Å²) in [6, 6.07) is 1.20. The molecule has 2 aliphatic carbocycles. The van der Waals surface area contributed by atoms with Gasteiger partial charge in [-0.15, -0.1) is 0 Å². The van der Waals surface area contributed by atoms with E-state index in [0.29, 0.717) is 38.5 Å². The van der Waals surface area contributed by atoms with E-state index in [0.717, 1.165) is 4.90 Å². The minimum Gasteiger partial charge on any atom is -0.497 e. The fourth-order valence-electron chi connectivity index (χ4n) is 8.88. The van der Waals surface area contributed by atoms with Crippen LogP contribution in [0.1, 0.15) is 117 Å². The van der Waals surface area contributed by atoms with Gasteiger partial charge in [-0.3, -0.25) is 19.1 Å². The number of rotatable bonds is 6. The summed E-state index contributed by atoms with van der Waals surface area (Å²) in [4.78, 5) is 61.7. The van der Waals surface area contributed by atoms with E-state index < -0.39 is 122 Å². The number of benzene rings is 1.